The summed E-state index contributed by atoms with van der Waals surface area (Å²) in [6.07, 6.45) is 4.08. The van der Waals surface area contributed by atoms with Crippen LogP contribution in [-0.2, 0) is 21.2 Å². The van der Waals surface area contributed by atoms with E-state index >= 15 is 0 Å². The van der Waals surface area contributed by atoms with E-state index in [2.05, 4.69) is 15.6 Å². The van der Waals surface area contributed by atoms with Crippen molar-refractivity contribution in [2.24, 2.45) is 0 Å². The quantitative estimate of drug-likeness (QED) is 0.416. The molecule has 0 atom stereocenters. The molecule has 0 saturated carbocycles. The van der Waals surface area contributed by atoms with Crippen molar-refractivity contribution in [1.82, 2.24) is 14.6 Å². The average Bonchev–Trinajstić information content (AvgIpc) is 2.76. The smallest absolute Gasteiger partial charge is 0.235 e. The summed E-state index contributed by atoms with van der Waals surface area (Å²) >= 11 is 6.02. The molecule has 1 heterocycles. The minimum Gasteiger partial charge on any atom is -0.384 e. The van der Waals surface area contributed by atoms with E-state index in [-0.39, 0.29) is 19.0 Å². The van der Waals surface area contributed by atoms with E-state index < -0.39 is 10.0 Å². The summed E-state index contributed by atoms with van der Waals surface area (Å²) in [6, 6.07) is 17.1. The zero-order chi connectivity index (χ0) is 23.0. The highest BCUT2D eigenvalue weighted by Gasteiger charge is 2.19. The molecule has 0 unspecified atom stereocenters. The van der Waals surface area contributed by atoms with Crippen LogP contribution < -0.4 is 10.6 Å². The van der Waals surface area contributed by atoms with Gasteiger partial charge in [-0.1, -0.05) is 41.9 Å². The third-order valence-electron chi connectivity index (χ3n) is 4.98. The molecule has 0 saturated heterocycles. The second kappa shape index (κ2) is 11.3. The lowest BCUT2D eigenvalue weighted by atomic mass is 10.1. The molecule has 3 aromatic rings. The lowest BCUT2D eigenvalue weighted by Gasteiger charge is -2.19. The number of carbonyl (C=O) groups excluding carboxylic acids is 1. The molecular formula is C23H27ClN4O3S. The summed E-state index contributed by atoms with van der Waals surface area (Å²) in [5.74, 6) is -0.313. The summed E-state index contributed by atoms with van der Waals surface area (Å²) in [5.41, 5.74) is 2.79. The van der Waals surface area contributed by atoms with Gasteiger partial charge in [0.05, 0.1) is 18.3 Å². The van der Waals surface area contributed by atoms with Crippen molar-refractivity contribution in [3.05, 3.63) is 71.4 Å². The SMILES string of the molecule is CS(=O)(=O)N(CCc1ccccc1)CC(=O)NCCCNc1ccnc2cc(Cl)ccc12. The van der Waals surface area contributed by atoms with Gasteiger partial charge < -0.3 is 10.6 Å². The van der Waals surface area contributed by atoms with Crippen molar-refractivity contribution in [3.63, 3.8) is 0 Å². The fraction of sp³-hybridized carbons (Fsp3) is 0.304. The number of hydrogen-bond acceptors (Lipinski definition) is 5. The van der Waals surface area contributed by atoms with Crippen molar-refractivity contribution < 1.29 is 13.2 Å². The Hall–Kier alpha value is -2.68. The molecule has 2 N–H and O–H groups in total. The van der Waals surface area contributed by atoms with E-state index in [4.69, 9.17) is 11.6 Å². The zero-order valence-corrected chi connectivity index (χ0v) is 19.5. The summed E-state index contributed by atoms with van der Waals surface area (Å²) in [7, 11) is -3.48. The first-order valence-corrected chi connectivity index (χ1v) is 12.6. The van der Waals surface area contributed by atoms with Gasteiger partial charge in [-0.05, 0) is 42.7 Å². The number of nitrogens with one attached hydrogen (secondary N) is 2. The molecule has 1 amide bonds. The molecule has 0 aliphatic carbocycles. The average molecular weight is 475 g/mol. The third kappa shape index (κ3) is 7.19. The zero-order valence-electron chi connectivity index (χ0n) is 17.9. The summed E-state index contributed by atoms with van der Waals surface area (Å²) in [5, 5.41) is 7.75. The molecule has 0 fully saturated rings. The Labute approximate surface area is 193 Å². The molecule has 0 aliphatic heterocycles. The van der Waals surface area contributed by atoms with Gasteiger partial charge >= 0.3 is 0 Å². The predicted octanol–water partition coefficient (Wildman–Crippen LogP) is 3.31. The van der Waals surface area contributed by atoms with Gasteiger partial charge in [-0.3, -0.25) is 9.78 Å². The second-order valence-electron chi connectivity index (χ2n) is 7.48. The van der Waals surface area contributed by atoms with Gasteiger partial charge in [0.1, 0.15) is 0 Å². The minimum absolute atomic E-state index is 0.186. The number of aromatic nitrogens is 1. The number of hydrogen-bond donors (Lipinski definition) is 2. The van der Waals surface area contributed by atoms with Crippen LogP contribution in [0.25, 0.3) is 10.9 Å². The van der Waals surface area contributed by atoms with E-state index in [0.29, 0.717) is 31.0 Å². The van der Waals surface area contributed by atoms with Crippen molar-refractivity contribution in [2.45, 2.75) is 12.8 Å². The van der Waals surface area contributed by atoms with Gasteiger partial charge in [-0.15, -0.1) is 0 Å². The highest BCUT2D eigenvalue weighted by molar-refractivity contribution is 7.88. The first-order chi connectivity index (χ1) is 15.3. The number of pyridine rings is 1. The topological polar surface area (TPSA) is 91.4 Å². The largest absolute Gasteiger partial charge is 0.384 e. The first-order valence-electron chi connectivity index (χ1n) is 10.4. The lowest BCUT2D eigenvalue weighted by molar-refractivity contribution is -0.121. The Balaban J connectivity index is 1.43. The number of halogens is 1. The van der Waals surface area contributed by atoms with E-state index in [1.807, 2.05) is 54.6 Å². The number of benzene rings is 2. The maximum atomic E-state index is 12.3. The highest BCUT2D eigenvalue weighted by Crippen LogP contribution is 2.24. The van der Waals surface area contributed by atoms with Crippen LogP contribution in [0.4, 0.5) is 5.69 Å². The van der Waals surface area contributed by atoms with Gasteiger partial charge in [0.25, 0.3) is 0 Å². The number of amides is 1. The third-order valence-corrected chi connectivity index (χ3v) is 6.46. The first kappa shape index (κ1) is 24.0. The van der Waals surface area contributed by atoms with Crippen LogP contribution in [0.1, 0.15) is 12.0 Å². The van der Waals surface area contributed by atoms with Gasteiger partial charge in [0, 0.05) is 41.9 Å². The molecule has 1 aromatic heterocycles. The van der Waals surface area contributed by atoms with Crippen LogP contribution in [0.2, 0.25) is 5.02 Å². The summed E-state index contributed by atoms with van der Waals surface area (Å²) in [4.78, 5) is 16.6. The van der Waals surface area contributed by atoms with Crippen LogP contribution in [0.3, 0.4) is 0 Å². The molecule has 3 rings (SSSR count). The maximum absolute atomic E-state index is 12.3. The van der Waals surface area contributed by atoms with Crippen molar-refractivity contribution >= 4 is 44.1 Å². The molecule has 32 heavy (non-hydrogen) atoms. The fourth-order valence-electron chi connectivity index (χ4n) is 3.29. The van der Waals surface area contributed by atoms with Crippen molar-refractivity contribution in [3.8, 4) is 0 Å². The molecule has 9 heteroatoms. The summed E-state index contributed by atoms with van der Waals surface area (Å²) < 4.78 is 25.4. The molecule has 0 spiro atoms. The van der Waals surface area contributed by atoms with Crippen molar-refractivity contribution in [2.75, 3.05) is 37.8 Å². The van der Waals surface area contributed by atoms with Gasteiger partial charge in [0.15, 0.2) is 0 Å². The molecule has 2 aromatic carbocycles. The van der Waals surface area contributed by atoms with Crippen LogP contribution >= 0.6 is 11.6 Å². The monoisotopic (exact) mass is 474 g/mol. The van der Waals surface area contributed by atoms with Crippen LogP contribution in [0.5, 0.6) is 0 Å². The van der Waals surface area contributed by atoms with E-state index in [1.165, 1.54) is 4.31 Å². The second-order valence-corrected chi connectivity index (χ2v) is 9.90. The standard InChI is InChI=1S/C23H27ClN4O3S/c1-32(30,31)28(15-11-18-6-3-2-4-7-18)17-23(29)27-13-5-12-25-21-10-14-26-22-16-19(24)8-9-20(21)22/h2-4,6-10,14,16H,5,11-13,15,17H2,1H3,(H,25,26)(H,27,29). The van der Waals surface area contributed by atoms with Gasteiger partial charge in [0.2, 0.25) is 15.9 Å². The van der Waals surface area contributed by atoms with E-state index in [9.17, 15) is 13.2 Å². The molecular weight excluding hydrogens is 448 g/mol. The van der Waals surface area contributed by atoms with Gasteiger partial charge in [-0.2, -0.15) is 4.31 Å². The fourth-order valence-corrected chi connectivity index (χ4v) is 4.23. The number of anilines is 1. The Morgan fingerprint density at radius 3 is 2.62 bits per heavy atom. The molecule has 170 valence electrons. The number of fused-ring (bicyclic) bond motifs is 1. The number of sulfonamides is 1. The lowest BCUT2D eigenvalue weighted by Crippen LogP contribution is -2.41. The Morgan fingerprint density at radius 2 is 1.88 bits per heavy atom. The Morgan fingerprint density at radius 1 is 1.09 bits per heavy atom. The van der Waals surface area contributed by atoms with Gasteiger partial charge in [-0.25, -0.2) is 8.42 Å². The minimum atomic E-state index is -3.48. The molecule has 0 radical (unpaired) electrons. The van der Waals surface area contributed by atoms with E-state index in [1.54, 1.807) is 6.20 Å². The van der Waals surface area contributed by atoms with Crippen LogP contribution in [0, 0.1) is 0 Å². The molecule has 0 bridgehead atoms. The predicted molar refractivity (Wildman–Crippen MR) is 129 cm³/mol. The van der Waals surface area contributed by atoms with Crippen molar-refractivity contribution in [1.29, 1.82) is 0 Å². The number of carbonyl (C=O) groups is 1. The highest BCUT2D eigenvalue weighted by atomic mass is 35.5. The normalized spacial score (nSPS) is 11.6. The number of rotatable bonds is 11. The molecule has 7 nitrogen and oxygen atoms in total. The molecule has 0 aliphatic rings. The van der Waals surface area contributed by atoms with Crippen LogP contribution in [0.15, 0.2) is 60.8 Å². The Kier molecular flexibility index (Phi) is 8.44. The van der Waals surface area contributed by atoms with Crippen LogP contribution in [-0.4, -0.2) is 56.0 Å². The maximum Gasteiger partial charge on any atom is 0.235 e. The summed E-state index contributed by atoms with van der Waals surface area (Å²) in [6.45, 7) is 1.16. The van der Waals surface area contributed by atoms with E-state index in [0.717, 1.165) is 28.4 Å². The number of nitrogens with zero attached hydrogens (tertiary/aromatic N) is 2. The Bertz CT molecular complexity index is 1160.